The van der Waals surface area contributed by atoms with E-state index in [1.807, 2.05) is 26.2 Å². The van der Waals surface area contributed by atoms with Gasteiger partial charge in [0, 0.05) is 6.54 Å². The minimum Gasteiger partial charge on any atom is -0.460 e. The van der Waals surface area contributed by atoms with Crippen LogP contribution < -0.4 is 5.56 Å². The zero-order chi connectivity index (χ0) is 14.0. The second-order valence-corrected chi connectivity index (χ2v) is 6.13. The van der Waals surface area contributed by atoms with Crippen LogP contribution >= 0.6 is 11.3 Å². The average Bonchev–Trinajstić information content (AvgIpc) is 2.74. The summed E-state index contributed by atoms with van der Waals surface area (Å²) in [5.74, 6) is -0.314. The van der Waals surface area contributed by atoms with Crippen LogP contribution in [0.1, 0.15) is 27.2 Å². The number of aryl methyl sites for hydroxylation is 1. The van der Waals surface area contributed by atoms with Crippen molar-refractivity contribution < 1.29 is 9.53 Å². The minimum atomic E-state index is -0.502. The van der Waals surface area contributed by atoms with Crippen molar-refractivity contribution in [1.82, 2.24) is 9.55 Å². The third-order valence-corrected chi connectivity index (χ3v) is 3.30. The number of fused-ring (bicyclic) bond motifs is 1. The first-order valence-electron chi connectivity index (χ1n) is 6.01. The fraction of sp³-hybridized carbons (Fsp3) is 0.462. The number of hydrogen-bond donors (Lipinski definition) is 0. The van der Waals surface area contributed by atoms with Gasteiger partial charge in [0.05, 0.1) is 18.3 Å². The number of nitrogens with zero attached hydrogens (tertiary/aromatic N) is 2. The third-order valence-electron chi connectivity index (χ3n) is 2.41. The molecular weight excluding hydrogens is 264 g/mol. The van der Waals surface area contributed by atoms with Gasteiger partial charge >= 0.3 is 5.97 Å². The Kier molecular flexibility index (Phi) is 3.71. The van der Waals surface area contributed by atoms with E-state index in [0.717, 1.165) is 0 Å². The van der Waals surface area contributed by atoms with Gasteiger partial charge in [0.1, 0.15) is 10.3 Å². The number of carbonyl (C=O) groups excluding carboxylic acids is 1. The Labute approximate surface area is 114 Å². The highest BCUT2D eigenvalue weighted by Crippen LogP contribution is 2.13. The van der Waals surface area contributed by atoms with E-state index < -0.39 is 5.60 Å². The van der Waals surface area contributed by atoms with Crippen LogP contribution in [-0.2, 0) is 16.1 Å². The highest BCUT2D eigenvalue weighted by atomic mass is 32.1. The molecule has 0 aliphatic rings. The summed E-state index contributed by atoms with van der Waals surface area (Å²) < 4.78 is 7.26. The van der Waals surface area contributed by atoms with Gasteiger partial charge in [-0.15, -0.1) is 11.3 Å². The Bertz CT molecular complexity index is 652. The van der Waals surface area contributed by atoms with Gasteiger partial charge in [-0.2, -0.15) is 0 Å². The van der Waals surface area contributed by atoms with E-state index in [-0.39, 0.29) is 24.5 Å². The number of hydrogen-bond acceptors (Lipinski definition) is 5. The predicted octanol–water partition coefficient (Wildman–Crippen LogP) is 2.19. The highest BCUT2D eigenvalue weighted by Gasteiger charge is 2.16. The zero-order valence-electron chi connectivity index (χ0n) is 11.2. The molecule has 0 radical (unpaired) electrons. The Balaban J connectivity index is 2.08. The van der Waals surface area contributed by atoms with Crippen LogP contribution in [-0.4, -0.2) is 21.1 Å². The molecule has 6 heteroatoms. The van der Waals surface area contributed by atoms with E-state index in [1.165, 1.54) is 22.2 Å². The SMILES string of the molecule is CC(C)(C)OC(=O)CCn1cnc2ccsc2c1=O. The lowest BCUT2D eigenvalue weighted by molar-refractivity contribution is -0.155. The fourth-order valence-corrected chi connectivity index (χ4v) is 2.44. The molecule has 0 N–H and O–H groups in total. The molecule has 0 aliphatic heterocycles. The van der Waals surface area contributed by atoms with Crippen LogP contribution in [0.25, 0.3) is 10.2 Å². The van der Waals surface area contributed by atoms with E-state index in [2.05, 4.69) is 4.98 Å². The van der Waals surface area contributed by atoms with Crippen LogP contribution in [0.2, 0.25) is 0 Å². The summed E-state index contributed by atoms with van der Waals surface area (Å²) in [7, 11) is 0. The topological polar surface area (TPSA) is 61.2 Å². The number of ether oxygens (including phenoxy) is 1. The van der Waals surface area contributed by atoms with Crippen molar-refractivity contribution >= 4 is 27.5 Å². The Morgan fingerprint density at radius 1 is 1.47 bits per heavy atom. The molecule has 0 bridgehead atoms. The number of rotatable bonds is 3. The molecule has 2 aromatic heterocycles. The van der Waals surface area contributed by atoms with Gasteiger partial charge in [0.15, 0.2) is 0 Å². The van der Waals surface area contributed by atoms with Gasteiger partial charge in [0.25, 0.3) is 5.56 Å². The summed E-state index contributed by atoms with van der Waals surface area (Å²) in [6, 6.07) is 1.81. The van der Waals surface area contributed by atoms with Crippen molar-refractivity contribution in [2.75, 3.05) is 0 Å². The lowest BCUT2D eigenvalue weighted by Gasteiger charge is -2.19. The van der Waals surface area contributed by atoms with E-state index in [9.17, 15) is 9.59 Å². The Morgan fingerprint density at radius 3 is 2.89 bits per heavy atom. The molecule has 19 heavy (non-hydrogen) atoms. The molecule has 0 fully saturated rings. The third kappa shape index (κ3) is 3.41. The maximum absolute atomic E-state index is 12.1. The Hall–Kier alpha value is -1.69. The normalized spacial score (nSPS) is 11.7. The molecular formula is C13H16N2O3S. The van der Waals surface area contributed by atoms with Crippen LogP contribution in [0.15, 0.2) is 22.6 Å². The number of esters is 1. The number of aromatic nitrogens is 2. The smallest absolute Gasteiger partial charge is 0.308 e. The molecule has 0 aliphatic carbocycles. The molecule has 2 heterocycles. The standard InChI is InChI=1S/C13H16N2O3S/c1-13(2,3)18-10(16)4-6-15-8-14-9-5-7-19-11(9)12(15)17/h5,7-8H,4,6H2,1-3H3. The van der Waals surface area contributed by atoms with Crippen molar-refractivity contribution in [3.8, 4) is 0 Å². The molecule has 102 valence electrons. The quantitative estimate of drug-likeness (QED) is 0.809. The maximum atomic E-state index is 12.1. The monoisotopic (exact) mass is 280 g/mol. The summed E-state index contributed by atoms with van der Waals surface area (Å²) in [4.78, 5) is 27.8. The van der Waals surface area contributed by atoms with Crippen LogP contribution in [0.5, 0.6) is 0 Å². The largest absolute Gasteiger partial charge is 0.460 e. The van der Waals surface area contributed by atoms with Gasteiger partial charge < -0.3 is 4.74 Å². The van der Waals surface area contributed by atoms with E-state index in [0.29, 0.717) is 10.2 Å². The Morgan fingerprint density at radius 2 is 2.21 bits per heavy atom. The lowest BCUT2D eigenvalue weighted by Crippen LogP contribution is -2.26. The predicted molar refractivity (Wildman–Crippen MR) is 74.3 cm³/mol. The summed E-state index contributed by atoms with van der Waals surface area (Å²) >= 11 is 1.36. The van der Waals surface area contributed by atoms with Gasteiger partial charge in [-0.3, -0.25) is 14.2 Å². The summed E-state index contributed by atoms with van der Waals surface area (Å²) in [6.07, 6.45) is 1.64. The van der Waals surface area contributed by atoms with Crippen molar-refractivity contribution in [3.05, 3.63) is 28.1 Å². The second-order valence-electron chi connectivity index (χ2n) is 5.21. The van der Waals surface area contributed by atoms with E-state index in [4.69, 9.17) is 4.74 Å². The average molecular weight is 280 g/mol. The number of thiophene rings is 1. The zero-order valence-corrected chi connectivity index (χ0v) is 12.0. The van der Waals surface area contributed by atoms with Crippen LogP contribution in [0, 0.1) is 0 Å². The van der Waals surface area contributed by atoms with Crippen LogP contribution in [0.4, 0.5) is 0 Å². The van der Waals surface area contributed by atoms with Crippen molar-refractivity contribution in [3.63, 3.8) is 0 Å². The molecule has 0 unspecified atom stereocenters. The van der Waals surface area contributed by atoms with Crippen LogP contribution in [0.3, 0.4) is 0 Å². The first kappa shape index (κ1) is 13.7. The first-order valence-corrected chi connectivity index (χ1v) is 6.89. The molecule has 2 rings (SSSR count). The van der Waals surface area contributed by atoms with Gasteiger partial charge in [-0.05, 0) is 32.2 Å². The molecule has 5 nitrogen and oxygen atoms in total. The van der Waals surface area contributed by atoms with E-state index in [1.54, 1.807) is 6.07 Å². The molecule has 0 atom stereocenters. The second kappa shape index (κ2) is 5.13. The van der Waals surface area contributed by atoms with Gasteiger partial charge in [0.2, 0.25) is 0 Å². The summed E-state index contributed by atoms with van der Waals surface area (Å²) in [5.41, 5.74) is 0.0879. The van der Waals surface area contributed by atoms with Crippen molar-refractivity contribution in [2.24, 2.45) is 0 Å². The summed E-state index contributed by atoms with van der Waals surface area (Å²) in [5, 5.41) is 1.83. The molecule has 0 amide bonds. The van der Waals surface area contributed by atoms with Crippen molar-refractivity contribution in [1.29, 1.82) is 0 Å². The molecule has 0 aromatic carbocycles. The lowest BCUT2D eigenvalue weighted by atomic mass is 10.2. The summed E-state index contributed by atoms with van der Waals surface area (Å²) in [6.45, 7) is 5.73. The van der Waals surface area contributed by atoms with Gasteiger partial charge in [-0.1, -0.05) is 0 Å². The molecule has 2 aromatic rings. The van der Waals surface area contributed by atoms with E-state index >= 15 is 0 Å². The minimum absolute atomic E-state index is 0.108. The molecule has 0 saturated heterocycles. The van der Waals surface area contributed by atoms with Gasteiger partial charge in [-0.25, -0.2) is 4.98 Å². The molecule has 0 spiro atoms. The molecule has 0 saturated carbocycles. The maximum Gasteiger partial charge on any atom is 0.308 e. The fourth-order valence-electron chi connectivity index (χ4n) is 1.64. The highest BCUT2D eigenvalue weighted by molar-refractivity contribution is 7.17. The van der Waals surface area contributed by atoms with Crippen molar-refractivity contribution in [2.45, 2.75) is 39.3 Å². The number of carbonyl (C=O) groups is 1. The first-order chi connectivity index (χ1) is 8.87.